The molecular weight excluding hydrogens is 188 g/mol. The maximum atomic E-state index is 2.22. The average Bonchev–Trinajstić information content (AvgIpc) is 2.26. The molecule has 0 saturated heterocycles. The molecule has 0 fully saturated rings. The van der Waals surface area contributed by atoms with Crippen LogP contribution in [0.1, 0.15) is 6.92 Å². The first kappa shape index (κ1) is 9.35. The van der Waals surface area contributed by atoms with Crippen molar-refractivity contribution in [2.24, 2.45) is 0 Å². The molecule has 0 atom stereocenters. The van der Waals surface area contributed by atoms with Crippen molar-refractivity contribution in [3.8, 4) is 0 Å². The lowest BCUT2D eigenvalue weighted by molar-refractivity contribution is 1.52. The molecule has 0 bridgehead atoms. The van der Waals surface area contributed by atoms with Crippen LogP contribution in [0.4, 0.5) is 0 Å². The molecule has 0 spiro atoms. The highest BCUT2D eigenvalue weighted by molar-refractivity contribution is 8.02. The quantitative estimate of drug-likeness (QED) is 0.645. The Balaban J connectivity index is 2.41. The zero-order chi connectivity index (χ0) is 9.80. The Morgan fingerprint density at radius 1 is 1.00 bits per heavy atom. The van der Waals surface area contributed by atoms with Crippen LogP contribution in [0, 0.1) is 0 Å². The Bertz CT molecular complexity index is 457. The maximum absolute atomic E-state index is 2.22. The second kappa shape index (κ2) is 4.34. The van der Waals surface area contributed by atoms with Gasteiger partial charge in [0, 0.05) is 4.90 Å². The van der Waals surface area contributed by atoms with Gasteiger partial charge in [-0.2, -0.15) is 0 Å². The van der Waals surface area contributed by atoms with E-state index in [1.54, 1.807) is 11.8 Å². The van der Waals surface area contributed by atoms with Crippen molar-refractivity contribution in [3.63, 3.8) is 0 Å². The predicted octanol–water partition coefficient (Wildman–Crippen LogP) is 4.47. The molecule has 14 heavy (non-hydrogen) atoms. The van der Waals surface area contributed by atoms with Crippen molar-refractivity contribution >= 4 is 22.5 Å². The molecule has 0 amide bonds. The van der Waals surface area contributed by atoms with Gasteiger partial charge in [-0.1, -0.05) is 48.2 Å². The van der Waals surface area contributed by atoms with Crippen molar-refractivity contribution < 1.29 is 0 Å². The van der Waals surface area contributed by atoms with E-state index in [1.165, 1.54) is 15.7 Å². The fraction of sp³-hybridized carbons (Fsp3) is 0.0769. The van der Waals surface area contributed by atoms with Crippen molar-refractivity contribution in [2.45, 2.75) is 11.8 Å². The molecule has 2 rings (SSSR count). The van der Waals surface area contributed by atoms with E-state index in [0.29, 0.717) is 0 Å². The fourth-order valence-electron chi connectivity index (χ4n) is 1.39. The number of hydrogen-bond donors (Lipinski definition) is 0. The molecular formula is C13H12S. The SMILES string of the molecule is C/C=C/Sc1ccc2ccccc2c1. The van der Waals surface area contributed by atoms with Gasteiger partial charge in [-0.05, 0) is 35.2 Å². The van der Waals surface area contributed by atoms with E-state index < -0.39 is 0 Å². The Labute approximate surface area is 88.6 Å². The summed E-state index contributed by atoms with van der Waals surface area (Å²) in [6.07, 6.45) is 2.06. The molecule has 0 aliphatic rings. The monoisotopic (exact) mass is 200 g/mol. The van der Waals surface area contributed by atoms with Crippen molar-refractivity contribution in [2.75, 3.05) is 0 Å². The van der Waals surface area contributed by atoms with Gasteiger partial charge < -0.3 is 0 Å². The third kappa shape index (κ3) is 1.99. The van der Waals surface area contributed by atoms with Gasteiger partial charge >= 0.3 is 0 Å². The first-order valence-electron chi connectivity index (χ1n) is 4.67. The number of rotatable bonds is 2. The minimum atomic E-state index is 1.29. The van der Waals surface area contributed by atoms with Crippen LogP contribution in [0.15, 0.2) is 58.8 Å². The van der Waals surface area contributed by atoms with E-state index in [2.05, 4.69) is 53.9 Å². The topological polar surface area (TPSA) is 0 Å². The second-order valence-electron chi connectivity index (χ2n) is 3.10. The summed E-state index contributed by atoms with van der Waals surface area (Å²) in [5.74, 6) is 0. The molecule has 70 valence electrons. The van der Waals surface area contributed by atoms with Crippen LogP contribution in [-0.2, 0) is 0 Å². The molecule has 0 aliphatic heterocycles. The Morgan fingerprint density at radius 3 is 2.57 bits per heavy atom. The smallest absolute Gasteiger partial charge is 0.0122 e. The highest BCUT2D eigenvalue weighted by atomic mass is 32.2. The second-order valence-corrected chi connectivity index (χ2v) is 4.08. The van der Waals surface area contributed by atoms with E-state index in [-0.39, 0.29) is 0 Å². The Morgan fingerprint density at radius 2 is 1.79 bits per heavy atom. The van der Waals surface area contributed by atoms with Crippen LogP contribution >= 0.6 is 11.8 Å². The fourth-order valence-corrected chi connectivity index (χ4v) is 2.02. The summed E-state index contributed by atoms with van der Waals surface area (Å²) in [6, 6.07) is 15.0. The van der Waals surface area contributed by atoms with Gasteiger partial charge in [-0.25, -0.2) is 0 Å². The number of fused-ring (bicyclic) bond motifs is 1. The van der Waals surface area contributed by atoms with Crippen LogP contribution in [0.25, 0.3) is 10.8 Å². The van der Waals surface area contributed by atoms with E-state index in [4.69, 9.17) is 0 Å². The molecule has 0 heterocycles. The number of benzene rings is 2. The number of thioether (sulfide) groups is 1. The highest BCUT2D eigenvalue weighted by Gasteiger charge is 1.93. The van der Waals surface area contributed by atoms with Gasteiger partial charge in [0.05, 0.1) is 0 Å². The lowest BCUT2D eigenvalue weighted by Crippen LogP contribution is -1.72. The van der Waals surface area contributed by atoms with Crippen LogP contribution in [-0.4, -0.2) is 0 Å². The molecule has 0 aromatic heterocycles. The first-order valence-corrected chi connectivity index (χ1v) is 5.55. The third-order valence-electron chi connectivity index (χ3n) is 2.06. The van der Waals surface area contributed by atoms with Gasteiger partial charge in [0.15, 0.2) is 0 Å². The summed E-state index contributed by atoms with van der Waals surface area (Å²) < 4.78 is 0. The molecule has 1 heteroatoms. The van der Waals surface area contributed by atoms with Crippen molar-refractivity contribution in [1.82, 2.24) is 0 Å². The maximum Gasteiger partial charge on any atom is 0.0122 e. The van der Waals surface area contributed by atoms with Crippen LogP contribution in [0.5, 0.6) is 0 Å². The molecule has 0 nitrogen and oxygen atoms in total. The summed E-state index contributed by atoms with van der Waals surface area (Å²) in [5, 5.41) is 4.71. The number of hydrogen-bond acceptors (Lipinski definition) is 1. The summed E-state index contributed by atoms with van der Waals surface area (Å²) in [6.45, 7) is 2.04. The van der Waals surface area contributed by atoms with E-state index in [9.17, 15) is 0 Å². The molecule has 0 N–H and O–H groups in total. The average molecular weight is 200 g/mol. The minimum Gasteiger partial charge on any atom is -0.0984 e. The molecule has 0 aliphatic carbocycles. The van der Waals surface area contributed by atoms with E-state index in [1.807, 2.05) is 6.92 Å². The van der Waals surface area contributed by atoms with Crippen LogP contribution in [0.3, 0.4) is 0 Å². The third-order valence-corrected chi connectivity index (χ3v) is 3.00. The molecule has 0 radical (unpaired) electrons. The van der Waals surface area contributed by atoms with Gasteiger partial charge in [0.2, 0.25) is 0 Å². The van der Waals surface area contributed by atoms with E-state index in [0.717, 1.165) is 0 Å². The lowest BCUT2D eigenvalue weighted by Gasteiger charge is -1.99. The summed E-state index contributed by atoms with van der Waals surface area (Å²) in [4.78, 5) is 1.29. The largest absolute Gasteiger partial charge is 0.0984 e. The molecule has 0 saturated carbocycles. The summed E-state index contributed by atoms with van der Waals surface area (Å²) in [7, 11) is 0. The first-order chi connectivity index (χ1) is 6.90. The van der Waals surface area contributed by atoms with Gasteiger partial charge in [0.25, 0.3) is 0 Å². The molecule has 0 unspecified atom stereocenters. The highest BCUT2D eigenvalue weighted by Crippen LogP contribution is 2.24. The predicted molar refractivity (Wildman–Crippen MR) is 64.6 cm³/mol. The summed E-state index contributed by atoms with van der Waals surface area (Å²) in [5.41, 5.74) is 0. The van der Waals surface area contributed by atoms with Crippen molar-refractivity contribution in [3.05, 3.63) is 53.9 Å². The Kier molecular flexibility index (Phi) is 2.90. The zero-order valence-electron chi connectivity index (χ0n) is 8.10. The minimum absolute atomic E-state index is 1.29. The van der Waals surface area contributed by atoms with Gasteiger partial charge in [-0.15, -0.1) is 0 Å². The molecule has 2 aromatic carbocycles. The lowest BCUT2D eigenvalue weighted by atomic mass is 10.1. The standard InChI is InChI=1S/C13H12S/c1-2-9-14-13-8-7-11-5-3-4-6-12(11)10-13/h2-10H,1H3/b9-2+. The zero-order valence-corrected chi connectivity index (χ0v) is 8.92. The normalized spacial score (nSPS) is 11.2. The van der Waals surface area contributed by atoms with Gasteiger partial charge in [-0.3, -0.25) is 0 Å². The van der Waals surface area contributed by atoms with Crippen molar-refractivity contribution in [1.29, 1.82) is 0 Å². The Hall–Kier alpha value is -1.21. The van der Waals surface area contributed by atoms with Crippen LogP contribution in [0.2, 0.25) is 0 Å². The van der Waals surface area contributed by atoms with Crippen LogP contribution < -0.4 is 0 Å². The summed E-state index contributed by atoms with van der Waals surface area (Å²) >= 11 is 1.75. The van der Waals surface area contributed by atoms with E-state index >= 15 is 0 Å². The number of allylic oxidation sites excluding steroid dienone is 1. The van der Waals surface area contributed by atoms with Gasteiger partial charge in [0.1, 0.15) is 0 Å². The molecule has 2 aromatic rings.